The Hall–Kier alpha value is -1.75. The third kappa shape index (κ3) is 2.38. The Morgan fingerprint density at radius 3 is 2.42 bits per heavy atom. The van der Waals surface area contributed by atoms with E-state index in [1.165, 1.54) is 12.8 Å². The molecule has 19 heavy (non-hydrogen) atoms. The van der Waals surface area contributed by atoms with Gasteiger partial charge in [-0.15, -0.1) is 0 Å². The molecule has 1 aliphatic heterocycles. The molecule has 1 heterocycles. The van der Waals surface area contributed by atoms with Gasteiger partial charge in [0.2, 0.25) is 0 Å². The Bertz CT molecular complexity index is 490. The van der Waals surface area contributed by atoms with Crippen LogP contribution in [0.4, 0.5) is 11.4 Å². The summed E-state index contributed by atoms with van der Waals surface area (Å²) in [4.78, 5) is 16.1. The number of nitrogens with two attached hydrogens (primary N) is 2. The molecule has 1 saturated heterocycles. The smallest absolute Gasteiger partial charge is 0.250 e. The van der Waals surface area contributed by atoms with Gasteiger partial charge in [0.25, 0.3) is 5.91 Å². The molecule has 102 valence electrons. The van der Waals surface area contributed by atoms with E-state index >= 15 is 0 Å². The van der Waals surface area contributed by atoms with Crippen LogP contribution in [0.15, 0.2) is 18.2 Å². The van der Waals surface area contributed by atoms with E-state index in [9.17, 15) is 4.79 Å². The predicted octanol–water partition coefficient (Wildman–Crippen LogP) is 0.652. The zero-order chi connectivity index (χ0) is 13.4. The second kappa shape index (κ2) is 4.74. The molecule has 0 aromatic heterocycles. The van der Waals surface area contributed by atoms with Crippen LogP contribution in [0.2, 0.25) is 0 Å². The quantitative estimate of drug-likeness (QED) is 0.783. The SMILES string of the molecule is NC(=O)c1cccc(N2CCN(C3CC3)CC2)c1N. The molecule has 5 heteroatoms. The number of carbonyl (C=O) groups is 1. The number of hydrogen-bond acceptors (Lipinski definition) is 4. The van der Waals surface area contributed by atoms with E-state index in [1.54, 1.807) is 6.07 Å². The third-order valence-electron chi connectivity index (χ3n) is 4.07. The van der Waals surface area contributed by atoms with Crippen LogP contribution in [0.3, 0.4) is 0 Å². The number of benzene rings is 1. The minimum Gasteiger partial charge on any atom is -0.396 e. The molecule has 2 fully saturated rings. The van der Waals surface area contributed by atoms with Gasteiger partial charge >= 0.3 is 0 Å². The molecule has 1 aromatic rings. The molecular formula is C14H20N4O. The monoisotopic (exact) mass is 260 g/mol. The second-order valence-electron chi connectivity index (χ2n) is 5.36. The van der Waals surface area contributed by atoms with Crippen molar-refractivity contribution < 1.29 is 4.79 Å². The van der Waals surface area contributed by atoms with Crippen molar-refractivity contribution in [3.8, 4) is 0 Å². The van der Waals surface area contributed by atoms with Crippen molar-refractivity contribution in [2.45, 2.75) is 18.9 Å². The van der Waals surface area contributed by atoms with Crippen molar-refractivity contribution in [1.29, 1.82) is 0 Å². The fourth-order valence-corrected chi connectivity index (χ4v) is 2.81. The van der Waals surface area contributed by atoms with Crippen LogP contribution in [-0.2, 0) is 0 Å². The van der Waals surface area contributed by atoms with Gasteiger partial charge in [-0.3, -0.25) is 9.69 Å². The van der Waals surface area contributed by atoms with Crippen LogP contribution in [0.1, 0.15) is 23.2 Å². The number of nitrogen functional groups attached to an aromatic ring is 1. The Labute approximate surface area is 113 Å². The topological polar surface area (TPSA) is 75.6 Å². The highest BCUT2D eigenvalue weighted by molar-refractivity contribution is 6.00. The molecule has 5 nitrogen and oxygen atoms in total. The van der Waals surface area contributed by atoms with Crippen molar-refractivity contribution in [2.24, 2.45) is 5.73 Å². The van der Waals surface area contributed by atoms with Crippen molar-refractivity contribution in [3.05, 3.63) is 23.8 Å². The normalized spacial score (nSPS) is 20.5. The van der Waals surface area contributed by atoms with Crippen molar-refractivity contribution in [2.75, 3.05) is 36.8 Å². The molecule has 1 aliphatic carbocycles. The van der Waals surface area contributed by atoms with Crippen molar-refractivity contribution in [3.63, 3.8) is 0 Å². The molecule has 0 spiro atoms. The first kappa shape index (κ1) is 12.3. The van der Waals surface area contributed by atoms with Gasteiger partial charge < -0.3 is 16.4 Å². The van der Waals surface area contributed by atoms with Crippen LogP contribution in [-0.4, -0.2) is 43.0 Å². The minimum absolute atomic E-state index is 0.419. The highest BCUT2D eigenvalue weighted by Crippen LogP contribution is 2.31. The van der Waals surface area contributed by atoms with E-state index in [1.807, 2.05) is 12.1 Å². The van der Waals surface area contributed by atoms with E-state index in [2.05, 4.69) is 9.80 Å². The van der Waals surface area contributed by atoms with E-state index in [0.717, 1.165) is 37.9 Å². The lowest BCUT2D eigenvalue weighted by atomic mass is 10.1. The highest BCUT2D eigenvalue weighted by atomic mass is 16.1. The van der Waals surface area contributed by atoms with Gasteiger partial charge in [0.05, 0.1) is 16.9 Å². The maximum Gasteiger partial charge on any atom is 0.250 e. The average molecular weight is 260 g/mol. The van der Waals surface area contributed by atoms with Gasteiger partial charge in [-0.1, -0.05) is 6.07 Å². The first-order chi connectivity index (χ1) is 9.16. The Morgan fingerprint density at radius 2 is 1.84 bits per heavy atom. The fourth-order valence-electron chi connectivity index (χ4n) is 2.81. The van der Waals surface area contributed by atoms with E-state index in [0.29, 0.717) is 11.3 Å². The number of hydrogen-bond donors (Lipinski definition) is 2. The first-order valence-corrected chi connectivity index (χ1v) is 6.84. The molecule has 2 aliphatic rings. The number of anilines is 2. The van der Waals surface area contributed by atoms with Gasteiger partial charge in [0, 0.05) is 32.2 Å². The van der Waals surface area contributed by atoms with Crippen LogP contribution in [0.25, 0.3) is 0 Å². The molecule has 1 aromatic carbocycles. The number of rotatable bonds is 3. The molecule has 1 amide bonds. The fraction of sp³-hybridized carbons (Fsp3) is 0.500. The van der Waals surface area contributed by atoms with Crippen LogP contribution in [0, 0.1) is 0 Å². The predicted molar refractivity (Wildman–Crippen MR) is 76.2 cm³/mol. The largest absolute Gasteiger partial charge is 0.396 e. The second-order valence-corrected chi connectivity index (χ2v) is 5.36. The highest BCUT2D eigenvalue weighted by Gasteiger charge is 2.31. The number of para-hydroxylation sites is 1. The van der Waals surface area contributed by atoms with E-state index < -0.39 is 5.91 Å². The molecule has 0 atom stereocenters. The van der Waals surface area contributed by atoms with Gasteiger partial charge in [0.15, 0.2) is 0 Å². The average Bonchev–Trinajstić information content (AvgIpc) is 3.23. The minimum atomic E-state index is -0.462. The summed E-state index contributed by atoms with van der Waals surface area (Å²) in [5.41, 5.74) is 13.3. The zero-order valence-corrected chi connectivity index (χ0v) is 11.0. The van der Waals surface area contributed by atoms with E-state index in [-0.39, 0.29) is 0 Å². The van der Waals surface area contributed by atoms with Crippen LogP contribution >= 0.6 is 0 Å². The zero-order valence-electron chi connectivity index (χ0n) is 11.0. The van der Waals surface area contributed by atoms with E-state index in [4.69, 9.17) is 11.5 Å². The number of carbonyl (C=O) groups excluding carboxylic acids is 1. The maximum atomic E-state index is 11.3. The molecule has 4 N–H and O–H groups in total. The lowest BCUT2D eigenvalue weighted by Crippen LogP contribution is -2.47. The Kier molecular flexibility index (Phi) is 3.06. The molecule has 3 rings (SSSR count). The summed E-state index contributed by atoms with van der Waals surface area (Å²) in [6.45, 7) is 4.07. The summed E-state index contributed by atoms with van der Waals surface area (Å²) in [5, 5.41) is 0. The third-order valence-corrected chi connectivity index (χ3v) is 4.07. The van der Waals surface area contributed by atoms with Crippen molar-refractivity contribution >= 4 is 17.3 Å². The number of primary amides is 1. The van der Waals surface area contributed by atoms with Gasteiger partial charge in [-0.2, -0.15) is 0 Å². The number of piperazine rings is 1. The summed E-state index contributed by atoms with van der Waals surface area (Å²) < 4.78 is 0. The summed E-state index contributed by atoms with van der Waals surface area (Å²) in [6.07, 6.45) is 2.69. The summed E-state index contributed by atoms with van der Waals surface area (Å²) in [7, 11) is 0. The van der Waals surface area contributed by atoms with Gasteiger partial charge in [-0.05, 0) is 25.0 Å². The van der Waals surface area contributed by atoms with Crippen LogP contribution in [0.5, 0.6) is 0 Å². The molecule has 0 unspecified atom stereocenters. The van der Waals surface area contributed by atoms with Crippen LogP contribution < -0.4 is 16.4 Å². The molecule has 0 radical (unpaired) electrons. The standard InChI is InChI=1S/C14H20N4O/c15-13-11(14(16)19)2-1-3-12(13)18-8-6-17(7-9-18)10-4-5-10/h1-3,10H,4-9,15H2,(H2,16,19). The van der Waals surface area contributed by atoms with Gasteiger partial charge in [-0.25, -0.2) is 0 Å². The Balaban J connectivity index is 1.75. The molecule has 0 bridgehead atoms. The number of nitrogens with zero attached hydrogens (tertiary/aromatic N) is 2. The first-order valence-electron chi connectivity index (χ1n) is 6.84. The Morgan fingerprint density at radius 1 is 1.16 bits per heavy atom. The van der Waals surface area contributed by atoms with Gasteiger partial charge in [0.1, 0.15) is 0 Å². The summed E-state index contributed by atoms with van der Waals surface area (Å²) >= 11 is 0. The molecule has 1 saturated carbocycles. The lowest BCUT2D eigenvalue weighted by molar-refractivity contribution is 0.100. The van der Waals surface area contributed by atoms with Crippen molar-refractivity contribution in [1.82, 2.24) is 4.90 Å². The molecular weight excluding hydrogens is 240 g/mol. The lowest BCUT2D eigenvalue weighted by Gasteiger charge is -2.36. The summed E-state index contributed by atoms with van der Waals surface area (Å²) in [6, 6.07) is 6.31. The maximum absolute atomic E-state index is 11.3. The number of amides is 1. The summed E-state index contributed by atoms with van der Waals surface area (Å²) in [5.74, 6) is -0.462.